The third-order valence-corrected chi connectivity index (χ3v) is 4.31. The Morgan fingerprint density at radius 2 is 2.35 bits per heavy atom. The summed E-state index contributed by atoms with van der Waals surface area (Å²) in [4.78, 5) is 8.70. The first-order chi connectivity index (χ1) is 8.34. The van der Waals surface area contributed by atoms with Crippen LogP contribution in [0.1, 0.15) is 29.4 Å². The van der Waals surface area contributed by atoms with Gasteiger partial charge in [-0.25, -0.2) is 4.98 Å². The lowest BCUT2D eigenvalue weighted by molar-refractivity contribution is 0.791. The lowest BCUT2D eigenvalue weighted by atomic mass is 10.0. The maximum Gasteiger partial charge on any atom is 0.127 e. The van der Waals surface area contributed by atoms with Gasteiger partial charge in [0.2, 0.25) is 0 Å². The van der Waals surface area contributed by atoms with E-state index in [2.05, 4.69) is 28.2 Å². The highest BCUT2D eigenvalue weighted by atomic mass is 32.2. The second-order valence-electron chi connectivity index (χ2n) is 4.27. The summed E-state index contributed by atoms with van der Waals surface area (Å²) < 4.78 is 0. The number of rotatable bonds is 2. The number of nitrogens with one attached hydrogen (secondary N) is 1. The van der Waals surface area contributed by atoms with Crippen LogP contribution in [-0.4, -0.2) is 15.7 Å². The van der Waals surface area contributed by atoms with Crippen molar-refractivity contribution in [1.29, 1.82) is 0 Å². The first-order valence-electron chi connectivity index (χ1n) is 5.85. The van der Waals surface area contributed by atoms with Crippen molar-refractivity contribution in [2.75, 3.05) is 5.75 Å². The van der Waals surface area contributed by atoms with Gasteiger partial charge in [0.25, 0.3) is 0 Å². The molecule has 0 saturated carbocycles. The number of aromatic nitrogens is 2. The fraction of sp³-hybridized carbons (Fsp3) is 0.308. The number of hydrogen-bond acceptors (Lipinski definition) is 3. The first kappa shape index (κ1) is 10.9. The molecule has 0 radical (unpaired) electrons. The molecule has 2 aromatic rings. The molecule has 4 heteroatoms. The summed E-state index contributed by atoms with van der Waals surface area (Å²) in [5.41, 5.74) is 8.76. The monoisotopic (exact) mass is 245 g/mol. The van der Waals surface area contributed by atoms with E-state index in [1.807, 2.05) is 18.0 Å². The van der Waals surface area contributed by atoms with E-state index in [9.17, 15) is 0 Å². The molecular weight excluding hydrogens is 230 g/mol. The molecule has 0 fully saturated rings. The Balaban J connectivity index is 1.93. The van der Waals surface area contributed by atoms with E-state index < -0.39 is 0 Å². The number of nitrogens with two attached hydrogens (primary N) is 1. The molecule has 3 N–H and O–H groups in total. The van der Waals surface area contributed by atoms with E-state index in [-0.39, 0.29) is 6.04 Å². The highest BCUT2D eigenvalue weighted by molar-refractivity contribution is 7.99. The molecular formula is C13H15N3S. The van der Waals surface area contributed by atoms with Crippen molar-refractivity contribution < 1.29 is 0 Å². The van der Waals surface area contributed by atoms with Gasteiger partial charge in [0.05, 0.1) is 6.04 Å². The maximum atomic E-state index is 6.19. The number of hydrogen-bond donors (Lipinski definition) is 2. The summed E-state index contributed by atoms with van der Waals surface area (Å²) in [7, 11) is 0. The van der Waals surface area contributed by atoms with Gasteiger partial charge in [-0.3, -0.25) is 0 Å². The molecule has 17 heavy (non-hydrogen) atoms. The van der Waals surface area contributed by atoms with Crippen LogP contribution in [0.15, 0.2) is 35.5 Å². The highest BCUT2D eigenvalue weighted by Crippen LogP contribution is 2.32. The Morgan fingerprint density at radius 1 is 1.41 bits per heavy atom. The van der Waals surface area contributed by atoms with Gasteiger partial charge in [-0.1, -0.05) is 12.1 Å². The first-order valence-corrected chi connectivity index (χ1v) is 6.83. The predicted octanol–water partition coefficient (Wildman–Crippen LogP) is 2.50. The minimum Gasteiger partial charge on any atom is -0.347 e. The summed E-state index contributed by atoms with van der Waals surface area (Å²) in [6.45, 7) is 0. The second-order valence-corrected chi connectivity index (χ2v) is 5.41. The quantitative estimate of drug-likeness (QED) is 0.854. The summed E-state index contributed by atoms with van der Waals surface area (Å²) in [5, 5.41) is 0. The van der Waals surface area contributed by atoms with Crippen molar-refractivity contribution in [2.24, 2.45) is 5.73 Å². The molecule has 88 valence electrons. The van der Waals surface area contributed by atoms with Gasteiger partial charge < -0.3 is 10.7 Å². The standard InChI is InChI=1S/C13H15N3S/c14-12(13-15-5-6-16-13)10-3-4-11-9(8-10)2-1-7-17-11/h3-6,8,12H,1-2,7,14H2,(H,15,16). The van der Waals surface area contributed by atoms with Crippen molar-refractivity contribution in [3.63, 3.8) is 0 Å². The molecule has 1 aliphatic rings. The SMILES string of the molecule is NC(c1ccc2c(c1)CCCS2)c1ncc[nH]1. The summed E-state index contributed by atoms with van der Waals surface area (Å²) >= 11 is 1.94. The van der Waals surface area contributed by atoms with Gasteiger partial charge in [-0.2, -0.15) is 0 Å². The minimum absolute atomic E-state index is 0.151. The molecule has 1 aromatic heterocycles. The zero-order valence-electron chi connectivity index (χ0n) is 9.52. The van der Waals surface area contributed by atoms with E-state index in [0.29, 0.717) is 0 Å². The molecule has 1 unspecified atom stereocenters. The van der Waals surface area contributed by atoms with E-state index in [4.69, 9.17) is 5.73 Å². The van der Waals surface area contributed by atoms with Gasteiger partial charge in [0.1, 0.15) is 5.82 Å². The van der Waals surface area contributed by atoms with Crippen molar-refractivity contribution >= 4 is 11.8 Å². The molecule has 1 atom stereocenters. The Hall–Kier alpha value is -1.26. The lowest BCUT2D eigenvalue weighted by Gasteiger charge is -2.18. The number of imidazole rings is 1. The van der Waals surface area contributed by atoms with E-state index in [0.717, 1.165) is 11.4 Å². The average Bonchev–Trinajstić information content (AvgIpc) is 2.91. The second kappa shape index (κ2) is 4.55. The van der Waals surface area contributed by atoms with Crippen LogP contribution in [0.25, 0.3) is 0 Å². The van der Waals surface area contributed by atoms with Gasteiger partial charge in [-0.05, 0) is 35.8 Å². The van der Waals surface area contributed by atoms with Crippen LogP contribution in [0, 0.1) is 0 Å². The van der Waals surface area contributed by atoms with Crippen molar-refractivity contribution in [3.05, 3.63) is 47.5 Å². The van der Waals surface area contributed by atoms with E-state index >= 15 is 0 Å². The van der Waals surface area contributed by atoms with Crippen LogP contribution in [0.5, 0.6) is 0 Å². The number of nitrogens with zero attached hydrogens (tertiary/aromatic N) is 1. The number of aromatic amines is 1. The van der Waals surface area contributed by atoms with Crippen LogP contribution < -0.4 is 5.73 Å². The third kappa shape index (κ3) is 2.10. The van der Waals surface area contributed by atoms with Crippen LogP contribution in [0.4, 0.5) is 0 Å². The molecule has 1 aliphatic heterocycles. The molecule has 0 amide bonds. The van der Waals surface area contributed by atoms with Crippen molar-refractivity contribution in [1.82, 2.24) is 9.97 Å². The predicted molar refractivity (Wildman–Crippen MR) is 70.1 cm³/mol. The molecule has 1 aromatic carbocycles. The average molecular weight is 245 g/mol. The van der Waals surface area contributed by atoms with Gasteiger partial charge in [0.15, 0.2) is 0 Å². The molecule has 0 spiro atoms. The number of H-pyrrole nitrogens is 1. The molecule has 0 saturated heterocycles. The summed E-state index contributed by atoms with van der Waals surface area (Å²) in [6, 6.07) is 6.39. The number of benzene rings is 1. The van der Waals surface area contributed by atoms with Crippen LogP contribution >= 0.6 is 11.8 Å². The topological polar surface area (TPSA) is 54.7 Å². The fourth-order valence-electron chi connectivity index (χ4n) is 2.18. The Labute approximate surface area is 105 Å². The van der Waals surface area contributed by atoms with Gasteiger partial charge in [0, 0.05) is 17.3 Å². The zero-order chi connectivity index (χ0) is 11.7. The fourth-order valence-corrected chi connectivity index (χ4v) is 3.20. The summed E-state index contributed by atoms with van der Waals surface area (Å²) in [5.74, 6) is 2.06. The molecule has 3 nitrogen and oxygen atoms in total. The molecule has 0 bridgehead atoms. The van der Waals surface area contributed by atoms with Crippen LogP contribution in [0.2, 0.25) is 0 Å². The zero-order valence-corrected chi connectivity index (χ0v) is 10.3. The van der Waals surface area contributed by atoms with Crippen molar-refractivity contribution in [3.8, 4) is 0 Å². The molecule has 0 aliphatic carbocycles. The Kier molecular flexibility index (Phi) is 2.91. The summed E-state index contributed by atoms with van der Waals surface area (Å²) in [6.07, 6.45) is 5.98. The van der Waals surface area contributed by atoms with Gasteiger partial charge in [-0.15, -0.1) is 11.8 Å². The number of thioether (sulfide) groups is 1. The normalized spacial score (nSPS) is 16.5. The van der Waals surface area contributed by atoms with E-state index in [1.54, 1.807) is 6.20 Å². The third-order valence-electron chi connectivity index (χ3n) is 3.11. The highest BCUT2D eigenvalue weighted by Gasteiger charge is 2.15. The van der Waals surface area contributed by atoms with Crippen molar-refractivity contribution in [2.45, 2.75) is 23.8 Å². The largest absolute Gasteiger partial charge is 0.347 e. The smallest absolute Gasteiger partial charge is 0.127 e. The Bertz CT molecular complexity index is 507. The number of aryl methyl sites for hydroxylation is 1. The molecule has 2 heterocycles. The Morgan fingerprint density at radius 3 is 3.18 bits per heavy atom. The van der Waals surface area contributed by atoms with E-state index in [1.165, 1.54) is 29.1 Å². The van der Waals surface area contributed by atoms with Crippen LogP contribution in [-0.2, 0) is 6.42 Å². The minimum atomic E-state index is -0.151. The lowest BCUT2D eigenvalue weighted by Crippen LogP contribution is -2.14. The number of fused-ring (bicyclic) bond motifs is 1. The molecule has 3 rings (SSSR count). The maximum absolute atomic E-state index is 6.19. The van der Waals surface area contributed by atoms with Gasteiger partial charge >= 0.3 is 0 Å². The van der Waals surface area contributed by atoms with Crippen LogP contribution in [0.3, 0.4) is 0 Å².